The van der Waals surface area contributed by atoms with Gasteiger partial charge in [-0.25, -0.2) is 4.39 Å². The summed E-state index contributed by atoms with van der Waals surface area (Å²) >= 11 is 1.35. The molecular formula is C22H20FNO3S. The lowest BCUT2D eigenvalue weighted by atomic mass is 10.0. The summed E-state index contributed by atoms with van der Waals surface area (Å²) < 4.78 is 26.4. The van der Waals surface area contributed by atoms with Crippen molar-refractivity contribution < 1.29 is 18.7 Å². The predicted octanol–water partition coefficient (Wildman–Crippen LogP) is 5.18. The molecule has 0 radical (unpaired) electrons. The van der Waals surface area contributed by atoms with E-state index in [1.807, 2.05) is 29.2 Å². The van der Waals surface area contributed by atoms with Gasteiger partial charge < -0.3 is 14.4 Å². The van der Waals surface area contributed by atoms with Crippen LogP contribution >= 0.6 is 11.3 Å². The maximum atomic E-state index is 14.0. The minimum absolute atomic E-state index is 0.000266. The molecule has 1 saturated heterocycles. The highest BCUT2D eigenvalue weighted by Gasteiger charge is 2.32. The molecule has 5 rings (SSSR count). The van der Waals surface area contributed by atoms with Gasteiger partial charge in [-0.15, -0.1) is 11.3 Å². The number of carbonyl (C=O) groups is 1. The highest BCUT2D eigenvalue weighted by Crippen LogP contribution is 2.39. The Kier molecular flexibility index (Phi) is 4.43. The van der Waals surface area contributed by atoms with Crippen molar-refractivity contribution in [2.75, 3.05) is 19.8 Å². The van der Waals surface area contributed by atoms with Gasteiger partial charge in [0, 0.05) is 23.1 Å². The van der Waals surface area contributed by atoms with Crippen molar-refractivity contribution >= 4 is 27.3 Å². The van der Waals surface area contributed by atoms with Gasteiger partial charge in [0.15, 0.2) is 11.5 Å². The van der Waals surface area contributed by atoms with E-state index >= 15 is 0 Å². The Hall–Kier alpha value is -2.60. The summed E-state index contributed by atoms with van der Waals surface area (Å²) in [5.41, 5.74) is 1.06. The van der Waals surface area contributed by atoms with E-state index in [0.29, 0.717) is 30.0 Å². The Morgan fingerprint density at radius 3 is 2.79 bits per heavy atom. The van der Waals surface area contributed by atoms with E-state index in [4.69, 9.17) is 9.47 Å². The fourth-order valence-corrected chi connectivity index (χ4v) is 5.05. The zero-order chi connectivity index (χ0) is 19.1. The summed E-state index contributed by atoms with van der Waals surface area (Å²) in [6.45, 7) is 1.99. The molecule has 3 heterocycles. The number of halogens is 1. The standard InChI is InChI=1S/C22H20FNO3S/c23-16-4-1-6-20-15(16)13-21(28-20)22(25)24-9-2-5-17(24)14-7-8-18-19(12-14)27-11-3-10-26-18/h1,4,6-8,12-13,17H,2-3,5,9-11H2/t17-/m0/s1. The zero-order valence-corrected chi connectivity index (χ0v) is 16.1. The number of hydrogen-bond acceptors (Lipinski definition) is 4. The number of benzene rings is 2. The number of ether oxygens (including phenoxy) is 2. The number of amides is 1. The van der Waals surface area contributed by atoms with Gasteiger partial charge in [-0.3, -0.25) is 4.79 Å². The van der Waals surface area contributed by atoms with E-state index < -0.39 is 0 Å². The van der Waals surface area contributed by atoms with Crippen LogP contribution in [-0.2, 0) is 0 Å². The largest absolute Gasteiger partial charge is 0.490 e. The highest BCUT2D eigenvalue weighted by atomic mass is 32.1. The average molecular weight is 397 g/mol. The van der Waals surface area contributed by atoms with Crippen molar-refractivity contribution in [1.82, 2.24) is 4.90 Å². The third-order valence-corrected chi connectivity index (χ3v) is 6.48. The molecule has 0 bridgehead atoms. The second kappa shape index (κ2) is 7.09. The summed E-state index contributed by atoms with van der Waals surface area (Å²) in [5, 5.41) is 0.516. The van der Waals surface area contributed by atoms with Crippen molar-refractivity contribution in [3.8, 4) is 11.5 Å². The van der Waals surface area contributed by atoms with Crippen molar-refractivity contribution in [2.24, 2.45) is 0 Å². The summed E-state index contributed by atoms with van der Waals surface area (Å²) in [7, 11) is 0. The predicted molar refractivity (Wildman–Crippen MR) is 107 cm³/mol. The molecule has 1 amide bonds. The fourth-order valence-electron chi connectivity index (χ4n) is 4.02. The number of fused-ring (bicyclic) bond motifs is 2. The topological polar surface area (TPSA) is 38.8 Å². The Balaban J connectivity index is 1.45. The quantitative estimate of drug-likeness (QED) is 0.598. The summed E-state index contributed by atoms with van der Waals surface area (Å²) in [5.74, 6) is 1.19. The van der Waals surface area contributed by atoms with Gasteiger partial charge in [-0.1, -0.05) is 12.1 Å². The van der Waals surface area contributed by atoms with Crippen LogP contribution in [0.1, 0.15) is 40.5 Å². The van der Waals surface area contributed by atoms with Crippen LogP contribution in [0.4, 0.5) is 4.39 Å². The number of likely N-dealkylation sites (tertiary alicyclic amines) is 1. The SMILES string of the molecule is O=C(c1cc2c(F)cccc2s1)N1CCC[C@H]1c1ccc2c(c1)OCCCO2. The maximum absolute atomic E-state index is 14.0. The summed E-state index contributed by atoms with van der Waals surface area (Å²) in [6.07, 6.45) is 2.72. The second-order valence-electron chi connectivity index (χ2n) is 7.18. The molecule has 28 heavy (non-hydrogen) atoms. The molecule has 4 nitrogen and oxygen atoms in total. The second-order valence-corrected chi connectivity index (χ2v) is 8.26. The zero-order valence-electron chi connectivity index (χ0n) is 15.3. The first-order chi connectivity index (χ1) is 13.7. The Morgan fingerprint density at radius 2 is 1.93 bits per heavy atom. The Bertz CT molecular complexity index is 1050. The molecule has 3 aromatic rings. The third kappa shape index (κ3) is 3.02. The van der Waals surface area contributed by atoms with Gasteiger partial charge in [0.25, 0.3) is 5.91 Å². The van der Waals surface area contributed by atoms with E-state index in [2.05, 4.69) is 0 Å². The van der Waals surface area contributed by atoms with Crippen molar-refractivity contribution in [3.05, 3.63) is 58.7 Å². The minimum atomic E-state index is -0.284. The van der Waals surface area contributed by atoms with Crippen molar-refractivity contribution in [2.45, 2.75) is 25.3 Å². The molecule has 0 saturated carbocycles. The monoisotopic (exact) mass is 397 g/mol. The van der Waals surface area contributed by atoms with E-state index in [0.717, 1.165) is 41.0 Å². The molecule has 2 aromatic carbocycles. The first kappa shape index (κ1) is 17.5. The summed E-state index contributed by atoms with van der Waals surface area (Å²) in [6, 6.07) is 12.6. The molecule has 6 heteroatoms. The fraction of sp³-hybridized carbons (Fsp3) is 0.318. The van der Waals surface area contributed by atoms with Crippen LogP contribution in [0.25, 0.3) is 10.1 Å². The molecule has 1 atom stereocenters. The van der Waals surface area contributed by atoms with E-state index in [9.17, 15) is 9.18 Å². The molecule has 1 fully saturated rings. The van der Waals surface area contributed by atoms with Crippen LogP contribution in [0, 0.1) is 5.82 Å². The van der Waals surface area contributed by atoms with Crippen molar-refractivity contribution in [1.29, 1.82) is 0 Å². The van der Waals surface area contributed by atoms with Gasteiger partial charge >= 0.3 is 0 Å². The number of carbonyl (C=O) groups excluding carboxylic acids is 1. The molecule has 0 N–H and O–H groups in total. The minimum Gasteiger partial charge on any atom is -0.490 e. The van der Waals surface area contributed by atoms with Gasteiger partial charge in [0.2, 0.25) is 0 Å². The first-order valence-corrected chi connectivity index (χ1v) is 10.4. The summed E-state index contributed by atoms with van der Waals surface area (Å²) in [4.78, 5) is 15.7. The molecule has 144 valence electrons. The lowest BCUT2D eigenvalue weighted by molar-refractivity contribution is 0.0740. The van der Waals surface area contributed by atoms with Crippen LogP contribution < -0.4 is 9.47 Å². The van der Waals surface area contributed by atoms with E-state index in [-0.39, 0.29) is 17.8 Å². The normalized spacial score (nSPS) is 19.0. The smallest absolute Gasteiger partial charge is 0.264 e. The Morgan fingerprint density at radius 1 is 1.07 bits per heavy atom. The third-order valence-electron chi connectivity index (χ3n) is 5.39. The van der Waals surface area contributed by atoms with Crippen LogP contribution in [0.15, 0.2) is 42.5 Å². The number of nitrogens with zero attached hydrogens (tertiary/aromatic N) is 1. The number of rotatable bonds is 2. The molecule has 0 spiro atoms. The van der Waals surface area contributed by atoms with Crippen LogP contribution in [0.3, 0.4) is 0 Å². The van der Waals surface area contributed by atoms with Gasteiger partial charge in [-0.05, 0) is 48.7 Å². The maximum Gasteiger partial charge on any atom is 0.264 e. The van der Waals surface area contributed by atoms with Crippen LogP contribution in [0.5, 0.6) is 11.5 Å². The van der Waals surface area contributed by atoms with Gasteiger partial charge in [0.1, 0.15) is 5.82 Å². The van der Waals surface area contributed by atoms with Crippen molar-refractivity contribution in [3.63, 3.8) is 0 Å². The highest BCUT2D eigenvalue weighted by molar-refractivity contribution is 7.20. The van der Waals surface area contributed by atoms with E-state index in [1.165, 1.54) is 17.4 Å². The van der Waals surface area contributed by atoms with E-state index in [1.54, 1.807) is 12.1 Å². The lowest BCUT2D eigenvalue weighted by Gasteiger charge is -2.25. The molecule has 0 unspecified atom stereocenters. The lowest BCUT2D eigenvalue weighted by Crippen LogP contribution is -2.29. The molecule has 1 aromatic heterocycles. The number of thiophene rings is 1. The Labute approximate surface area is 166 Å². The van der Waals surface area contributed by atoms with Gasteiger partial charge in [-0.2, -0.15) is 0 Å². The molecule has 2 aliphatic heterocycles. The van der Waals surface area contributed by atoms with Crippen LogP contribution in [0.2, 0.25) is 0 Å². The number of hydrogen-bond donors (Lipinski definition) is 0. The molecule has 0 aliphatic carbocycles. The molecular weight excluding hydrogens is 377 g/mol. The van der Waals surface area contributed by atoms with Gasteiger partial charge in [0.05, 0.1) is 24.1 Å². The molecule has 2 aliphatic rings. The average Bonchev–Trinajstić information content (AvgIpc) is 3.30. The van der Waals surface area contributed by atoms with Crippen LogP contribution in [-0.4, -0.2) is 30.6 Å². The first-order valence-electron chi connectivity index (χ1n) is 9.59.